The summed E-state index contributed by atoms with van der Waals surface area (Å²) in [6.07, 6.45) is 5.40. The van der Waals surface area contributed by atoms with Crippen LogP contribution >= 0.6 is 0 Å². The van der Waals surface area contributed by atoms with E-state index >= 15 is 0 Å². The zero-order valence-electron chi connectivity index (χ0n) is 20.4. The molecule has 2 saturated heterocycles. The third kappa shape index (κ3) is 4.31. The molecule has 5 N–H and O–H groups in total. The minimum absolute atomic E-state index is 0.101. The van der Waals surface area contributed by atoms with Crippen LogP contribution in [-0.4, -0.2) is 53.4 Å². The average molecular weight is 485 g/mol. The number of nitrogens with two attached hydrogens (primary N) is 2. The number of pyridine rings is 1. The van der Waals surface area contributed by atoms with Crippen LogP contribution in [0, 0.1) is 0 Å². The van der Waals surface area contributed by atoms with Crippen molar-refractivity contribution in [3.8, 4) is 11.4 Å². The van der Waals surface area contributed by atoms with Gasteiger partial charge in [-0.3, -0.25) is 9.89 Å². The van der Waals surface area contributed by atoms with Gasteiger partial charge in [-0.25, -0.2) is 4.98 Å². The number of benzene rings is 2. The molecule has 0 spiro atoms. The summed E-state index contributed by atoms with van der Waals surface area (Å²) in [5.41, 5.74) is 16.3. The average Bonchev–Trinajstić information content (AvgIpc) is 3.21. The first kappa shape index (κ1) is 22.9. The quantitative estimate of drug-likeness (QED) is 0.401. The van der Waals surface area contributed by atoms with Crippen LogP contribution in [0.25, 0.3) is 33.1 Å². The molecule has 8 heteroatoms. The number of rotatable bonds is 4. The van der Waals surface area contributed by atoms with Gasteiger partial charge in [0.25, 0.3) is 0 Å². The molecule has 0 bridgehead atoms. The highest BCUT2D eigenvalue weighted by Crippen LogP contribution is 2.35. The summed E-state index contributed by atoms with van der Waals surface area (Å²) in [6.45, 7) is 3.23. The number of ether oxygens (including phenoxy) is 1. The molecule has 2 atom stereocenters. The number of hydrogen-bond donors (Lipinski definition) is 3. The number of aromatic amines is 1. The number of nitrogens with one attached hydrogen (secondary N) is 1. The van der Waals surface area contributed by atoms with Gasteiger partial charge >= 0.3 is 0 Å². The Balaban J connectivity index is 1.51. The van der Waals surface area contributed by atoms with Crippen molar-refractivity contribution < 1.29 is 9.53 Å². The molecular weight excluding hydrogens is 452 g/mol. The van der Waals surface area contributed by atoms with E-state index in [-0.39, 0.29) is 6.04 Å². The van der Waals surface area contributed by atoms with Gasteiger partial charge in [-0.1, -0.05) is 12.5 Å². The lowest BCUT2D eigenvalue weighted by Gasteiger charge is -2.26. The highest BCUT2D eigenvalue weighted by atomic mass is 16.5. The molecule has 2 fully saturated rings. The van der Waals surface area contributed by atoms with Gasteiger partial charge < -0.3 is 21.1 Å². The second-order valence-electron chi connectivity index (χ2n) is 10.1. The predicted octanol–water partition coefficient (Wildman–Crippen LogP) is 4.09. The van der Waals surface area contributed by atoms with Crippen molar-refractivity contribution in [2.45, 2.75) is 44.1 Å². The van der Waals surface area contributed by atoms with Gasteiger partial charge in [0.15, 0.2) is 0 Å². The van der Waals surface area contributed by atoms with Gasteiger partial charge in [-0.15, -0.1) is 0 Å². The molecule has 0 radical (unpaired) electrons. The van der Waals surface area contributed by atoms with Crippen LogP contribution < -0.4 is 16.4 Å². The molecule has 2 aromatic heterocycles. The van der Waals surface area contributed by atoms with E-state index < -0.39 is 5.91 Å². The standard InChI is InChI=1S/C28H32N6O2/c29-21-5-1-2-10-34(15-21)28-22-8-6-18(27(30)35)12-20(22)14-25(31-28)26-23-13-17(7-9-24(23)32-33-26)19-4-3-11-36-16-19/h6-9,12-14,19,21H,1-5,10-11,15-16,29H2,(H2,30,35)(H,32,33)/t19?,21-/m0/s1. The van der Waals surface area contributed by atoms with Crippen LogP contribution in [0.3, 0.4) is 0 Å². The number of fused-ring (bicyclic) bond motifs is 2. The lowest BCUT2D eigenvalue weighted by molar-refractivity contribution is 0.0805. The Bertz CT molecular complexity index is 1420. The van der Waals surface area contributed by atoms with E-state index in [1.165, 1.54) is 5.56 Å². The monoisotopic (exact) mass is 484 g/mol. The summed E-state index contributed by atoms with van der Waals surface area (Å²) in [5, 5.41) is 10.8. The number of carbonyl (C=O) groups excluding carboxylic acids is 1. The van der Waals surface area contributed by atoms with Gasteiger partial charge in [-0.2, -0.15) is 5.10 Å². The fourth-order valence-electron chi connectivity index (χ4n) is 5.61. The van der Waals surface area contributed by atoms with Gasteiger partial charge in [0.2, 0.25) is 5.91 Å². The van der Waals surface area contributed by atoms with Crippen LogP contribution in [-0.2, 0) is 4.74 Å². The van der Waals surface area contributed by atoms with E-state index in [0.717, 1.165) is 97.3 Å². The van der Waals surface area contributed by atoms with Crippen molar-refractivity contribution >= 4 is 33.4 Å². The molecule has 1 amide bonds. The topological polar surface area (TPSA) is 123 Å². The van der Waals surface area contributed by atoms with Crippen LogP contribution in [0.4, 0.5) is 5.82 Å². The van der Waals surface area contributed by atoms with Crippen LogP contribution in [0.1, 0.15) is 53.9 Å². The summed E-state index contributed by atoms with van der Waals surface area (Å²) in [6, 6.07) is 14.2. The number of nitrogens with zero attached hydrogens (tertiary/aromatic N) is 3. The summed E-state index contributed by atoms with van der Waals surface area (Å²) < 4.78 is 5.74. The molecule has 0 aliphatic carbocycles. The maximum absolute atomic E-state index is 11.9. The first-order valence-corrected chi connectivity index (χ1v) is 12.9. The lowest BCUT2D eigenvalue weighted by atomic mass is 9.92. The van der Waals surface area contributed by atoms with Crippen molar-refractivity contribution in [1.29, 1.82) is 0 Å². The van der Waals surface area contributed by atoms with Crippen LogP contribution in [0.5, 0.6) is 0 Å². The van der Waals surface area contributed by atoms with Crippen molar-refractivity contribution in [3.63, 3.8) is 0 Å². The number of primary amides is 1. The Hall–Kier alpha value is -3.49. The van der Waals surface area contributed by atoms with Crippen molar-refractivity contribution in [3.05, 3.63) is 53.6 Å². The minimum atomic E-state index is -0.446. The fraction of sp³-hybridized carbons (Fsp3) is 0.393. The Morgan fingerprint density at radius 1 is 1.06 bits per heavy atom. The maximum Gasteiger partial charge on any atom is 0.248 e. The Morgan fingerprint density at radius 3 is 2.81 bits per heavy atom. The molecule has 36 heavy (non-hydrogen) atoms. The second kappa shape index (κ2) is 9.52. The van der Waals surface area contributed by atoms with Crippen LogP contribution in [0.15, 0.2) is 42.5 Å². The number of anilines is 1. The number of aromatic nitrogens is 3. The van der Waals surface area contributed by atoms with E-state index in [4.69, 9.17) is 21.2 Å². The maximum atomic E-state index is 11.9. The molecule has 2 aliphatic heterocycles. The molecule has 0 saturated carbocycles. The smallest absolute Gasteiger partial charge is 0.248 e. The Kier molecular flexibility index (Phi) is 6.07. The van der Waals surface area contributed by atoms with Gasteiger partial charge in [0.05, 0.1) is 17.8 Å². The minimum Gasteiger partial charge on any atom is -0.381 e. The molecule has 6 rings (SSSR count). The van der Waals surface area contributed by atoms with Gasteiger partial charge in [0, 0.05) is 48.0 Å². The molecule has 2 aromatic carbocycles. The number of amides is 1. The third-order valence-electron chi connectivity index (χ3n) is 7.56. The Morgan fingerprint density at radius 2 is 1.97 bits per heavy atom. The fourth-order valence-corrected chi connectivity index (χ4v) is 5.61. The molecule has 8 nitrogen and oxygen atoms in total. The second-order valence-corrected chi connectivity index (χ2v) is 10.1. The van der Waals surface area contributed by atoms with Crippen molar-refractivity contribution in [2.75, 3.05) is 31.2 Å². The van der Waals surface area contributed by atoms with E-state index in [2.05, 4.69) is 33.3 Å². The predicted molar refractivity (Wildman–Crippen MR) is 142 cm³/mol. The molecule has 1 unspecified atom stereocenters. The first-order valence-electron chi connectivity index (χ1n) is 12.9. The summed E-state index contributed by atoms with van der Waals surface area (Å²) in [7, 11) is 0. The van der Waals surface area contributed by atoms with E-state index in [0.29, 0.717) is 11.5 Å². The molecular formula is C28H32N6O2. The van der Waals surface area contributed by atoms with Crippen LogP contribution in [0.2, 0.25) is 0 Å². The SMILES string of the molecule is NC(=O)c1ccc2c(N3CCCC[C@H](N)C3)nc(-c3n[nH]c4ccc(C5CCCOC5)cc34)cc2c1. The molecule has 4 aromatic rings. The normalized spacial score (nSPS) is 21.1. The van der Waals surface area contributed by atoms with Gasteiger partial charge in [-0.05, 0) is 73.0 Å². The summed E-state index contributed by atoms with van der Waals surface area (Å²) in [5.74, 6) is 0.824. The van der Waals surface area contributed by atoms with E-state index in [1.807, 2.05) is 18.2 Å². The lowest BCUT2D eigenvalue weighted by Crippen LogP contribution is -2.36. The van der Waals surface area contributed by atoms with E-state index in [9.17, 15) is 4.79 Å². The zero-order valence-corrected chi connectivity index (χ0v) is 20.4. The third-order valence-corrected chi connectivity index (χ3v) is 7.56. The largest absolute Gasteiger partial charge is 0.381 e. The van der Waals surface area contributed by atoms with E-state index in [1.54, 1.807) is 6.07 Å². The summed E-state index contributed by atoms with van der Waals surface area (Å²) in [4.78, 5) is 19.4. The number of hydrogen-bond acceptors (Lipinski definition) is 6. The first-order chi connectivity index (χ1) is 17.6. The molecule has 186 valence electrons. The highest BCUT2D eigenvalue weighted by molar-refractivity contribution is 6.03. The van der Waals surface area contributed by atoms with Crippen molar-refractivity contribution in [2.24, 2.45) is 11.5 Å². The number of carbonyl (C=O) groups is 1. The number of H-pyrrole nitrogens is 1. The Labute approximate surface area is 210 Å². The van der Waals surface area contributed by atoms with Gasteiger partial charge in [0.1, 0.15) is 11.5 Å². The molecule has 2 aliphatic rings. The van der Waals surface area contributed by atoms with Crippen molar-refractivity contribution in [1.82, 2.24) is 15.2 Å². The molecule has 4 heterocycles. The highest BCUT2D eigenvalue weighted by Gasteiger charge is 2.22. The summed E-state index contributed by atoms with van der Waals surface area (Å²) >= 11 is 0. The zero-order chi connectivity index (χ0) is 24.6.